The van der Waals surface area contributed by atoms with Crippen molar-refractivity contribution in [3.05, 3.63) is 170 Å². The SMILES string of the molecule is c1cc2cccc3c4ccc5c6cccc7cccc(c8ccc(c(c1)c23)c4c85)c76.c1cc2cccc3c4cccc5cccc(c(c1)c23)c54. The second kappa shape index (κ2) is 9.56. The summed E-state index contributed by atoms with van der Waals surface area (Å²) in [5, 5.41) is 30.0. The molecule has 13 aromatic carbocycles. The lowest BCUT2D eigenvalue weighted by molar-refractivity contribution is 1.78. The first-order valence-corrected chi connectivity index (χ1v) is 17.5. The molecule has 0 aliphatic rings. The smallest absolute Gasteiger partial charge is 0.00139 e. The van der Waals surface area contributed by atoms with E-state index >= 15 is 0 Å². The van der Waals surface area contributed by atoms with E-state index in [0.29, 0.717) is 0 Å². The highest BCUT2D eigenvalue weighted by atomic mass is 14.2. The molecule has 0 bridgehead atoms. The van der Waals surface area contributed by atoms with Crippen LogP contribution in [-0.2, 0) is 0 Å². The van der Waals surface area contributed by atoms with Gasteiger partial charge in [-0.25, -0.2) is 0 Å². The molecule has 0 nitrogen and oxygen atoms in total. The van der Waals surface area contributed by atoms with E-state index in [1.807, 2.05) is 0 Å². The first-order chi connectivity index (χ1) is 24.8. The molecule has 0 atom stereocenters. The minimum absolute atomic E-state index is 1.32. The van der Waals surface area contributed by atoms with Gasteiger partial charge in [-0.3, -0.25) is 0 Å². The molecule has 228 valence electrons. The number of benzene rings is 13. The predicted molar refractivity (Wildman–Crippen MR) is 219 cm³/mol. The molecule has 13 aromatic rings. The quantitative estimate of drug-likeness (QED) is 0.116. The lowest BCUT2D eigenvalue weighted by Gasteiger charge is -2.19. The highest BCUT2D eigenvalue weighted by Gasteiger charge is 2.18. The van der Waals surface area contributed by atoms with E-state index in [4.69, 9.17) is 0 Å². The third-order valence-corrected chi connectivity index (χ3v) is 11.5. The number of fused-ring (bicyclic) bond motifs is 6. The van der Waals surface area contributed by atoms with Crippen LogP contribution >= 0.6 is 0 Å². The summed E-state index contributed by atoms with van der Waals surface area (Å²) in [4.78, 5) is 0. The van der Waals surface area contributed by atoms with Crippen molar-refractivity contribution in [2.24, 2.45) is 0 Å². The van der Waals surface area contributed by atoms with E-state index in [-0.39, 0.29) is 0 Å². The maximum absolute atomic E-state index is 2.35. The van der Waals surface area contributed by atoms with Gasteiger partial charge in [-0.1, -0.05) is 170 Å². The van der Waals surface area contributed by atoms with Crippen LogP contribution in [0.25, 0.3) is 118 Å². The molecule has 0 saturated heterocycles. The molecule has 0 heterocycles. The summed E-state index contributed by atoms with van der Waals surface area (Å²) in [5.74, 6) is 0. The Hall–Kier alpha value is -6.50. The third kappa shape index (κ3) is 3.31. The Labute approximate surface area is 287 Å². The van der Waals surface area contributed by atoms with Crippen LogP contribution in [0.3, 0.4) is 0 Å². The minimum atomic E-state index is 1.32. The molecule has 0 saturated carbocycles. The average Bonchev–Trinajstić information content (AvgIpc) is 3.18. The molecule has 50 heavy (non-hydrogen) atoms. The topological polar surface area (TPSA) is 0 Å². The minimum Gasteiger partial charge on any atom is -0.0610 e. The second-order valence-electron chi connectivity index (χ2n) is 13.9. The molecule has 0 heteroatoms. The van der Waals surface area contributed by atoms with Crippen LogP contribution in [0.5, 0.6) is 0 Å². The van der Waals surface area contributed by atoms with Gasteiger partial charge in [-0.05, 0) is 118 Å². The molecule has 0 N–H and O–H groups in total. The van der Waals surface area contributed by atoms with Crippen molar-refractivity contribution < 1.29 is 0 Å². The molecule has 0 radical (unpaired) electrons. The average molecular weight is 629 g/mol. The van der Waals surface area contributed by atoms with Gasteiger partial charge in [0, 0.05) is 0 Å². The zero-order valence-electron chi connectivity index (χ0n) is 27.2. The lowest BCUT2D eigenvalue weighted by atomic mass is 9.84. The zero-order valence-corrected chi connectivity index (χ0v) is 27.2. The van der Waals surface area contributed by atoms with Gasteiger partial charge in [-0.15, -0.1) is 0 Å². The Morgan fingerprint density at radius 1 is 0.140 bits per heavy atom. The summed E-state index contributed by atoms with van der Waals surface area (Å²) < 4.78 is 0. The number of rotatable bonds is 0. The number of hydrogen-bond acceptors (Lipinski definition) is 0. The van der Waals surface area contributed by atoms with Gasteiger partial charge in [0.1, 0.15) is 0 Å². The van der Waals surface area contributed by atoms with Crippen LogP contribution in [0.4, 0.5) is 0 Å². The van der Waals surface area contributed by atoms with Gasteiger partial charge in [0.2, 0.25) is 0 Å². The van der Waals surface area contributed by atoms with Crippen molar-refractivity contribution in [2.45, 2.75) is 0 Å². The normalized spacial score (nSPS) is 12.4. The van der Waals surface area contributed by atoms with E-state index in [0.717, 1.165) is 0 Å². The monoisotopic (exact) mass is 628 g/mol. The van der Waals surface area contributed by atoms with Gasteiger partial charge in [0.05, 0.1) is 0 Å². The maximum atomic E-state index is 2.35. The molecule has 0 aromatic heterocycles. The Bertz CT molecular complexity index is 3030. The predicted octanol–water partition coefficient (Wildman–Crippen LogP) is 14.4. The fourth-order valence-corrected chi connectivity index (χ4v) is 9.55. The summed E-state index contributed by atoms with van der Waals surface area (Å²) in [6.07, 6.45) is 0. The van der Waals surface area contributed by atoms with E-state index in [2.05, 4.69) is 170 Å². The summed E-state index contributed by atoms with van der Waals surface area (Å²) in [6.45, 7) is 0. The molecule has 0 amide bonds. The Balaban J connectivity index is 0.000000124. The fraction of sp³-hybridized carbons (Fsp3) is 0. The fourth-order valence-electron chi connectivity index (χ4n) is 9.55. The van der Waals surface area contributed by atoms with Crippen molar-refractivity contribution in [3.63, 3.8) is 0 Å². The van der Waals surface area contributed by atoms with Crippen molar-refractivity contribution in [2.75, 3.05) is 0 Å². The zero-order chi connectivity index (χ0) is 32.5. The van der Waals surface area contributed by atoms with Crippen molar-refractivity contribution in [1.82, 2.24) is 0 Å². The maximum Gasteiger partial charge on any atom is -0.00139 e. The lowest BCUT2D eigenvalue weighted by Crippen LogP contribution is -1.90. The van der Waals surface area contributed by atoms with E-state index in [1.54, 1.807) is 0 Å². The molecule has 13 rings (SSSR count). The van der Waals surface area contributed by atoms with Gasteiger partial charge < -0.3 is 0 Å². The molecule has 0 aliphatic carbocycles. The molecule has 0 fully saturated rings. The van der Waals surface area contributed by atoms with Crippen LogP contribution in [0.1, 0.15) is 0 Å². The standard InChI is InChI=1S/C30H16.C20H12/c1-5-17-6-2-10-20-24-15-16-26-22-12-4-8-18-7-3-11-21(28(18)22)25-14-13-23(29(24)30(25)26)19(9-1)27(17)20;1-5-13-6-2-11-17-18-12-4-8-14-7-3-10-16(20(14)18)15(9-1)19(13)17/h1-16H;1-12H. The Morgan fingerprint density at radius 2 is 0.300 bits per heavy atom. The summed E-state index contributed by atoms with van der Waals surface area (Å²) in [6, 6.07) is 62.7. The van der Waals surface area contributed by atoms with Crippen molar-refractivity contribution in [3.8, 4) is 0 Å². The molecule has 0 unspecified atom stereocenters. The van der Waals surface area contributed by atoms with E-state index < -0.39 is 0 Å². The van der Waals surface area contributed by atoms with Gasteiger partial charge in [-0.2, -0.15) is 0 Å². The first-order valence-electron chi connectivity index (χ1n) is 17.5. The van der Waals surface area contributed by atoms with Gasteiger partial charge in [0.15, 0.2) is 0 Å². The molecular weight excluding hydrogens is 601 g/mol. The molecule has 0 spiro atoms. The van der Waals surface area contributed by atoms with Crippen molar-refractivity contribution >= 4 is 118 Å². The molecule has 0 aliphatic heterocycles. The van der Waals surface area contributed by atoms with Crippen molar-refractivity contribution in [1.29, 1.82) is 0 Å². The number of hydrogen-bond donors (Lipinski definition) is 0. The summed E-state index contributed by atoms with van der Waals surface area (Å²) in [7, 11) is 0. The Kier molecular flexibility index (Phi) is 5.06. The van der Waals surface area contributed by atoms with Crippen LogP contribution in [0.2, 0.25) is 0 Å². The van der Waals surface area contributed by atoms with Crippen LogP contribution in [-0.4, -0.2) is 0 Å². The first kappa shape index (κ1) is 26.5. The van der Waals surface area contributed by atoms with Crippen LogP contribution in [0.15, 0.2) is 170 Å². The van der Waals surface area contributed by atoms with Gasteiger partial charge in [0.25, 0.3) is 0 Å². The second-order valence-corrected chi connectivity index (χ2v) is 13.9. The highest BCUT2D eigenvalue weighted by molar-refractivity contribution is 6.42. The Morgan fingerprint density at radius 3 is 0.480 bits per heavy atom. The van der Waals surface area contributed by atoms with Gasteiger partial charge >= 0.3 is 0 Å². The summed E-state index contributed by atoms with van der Waals surface area (Å²) >= 11 is 0. The van der Waals surface area contributed by atoms with Crippen LogP contribution in [0, 0.1) is 0 Å². The van der Waals surface area contributed by atoms with Crippen LogP contribution < -0.4 is 0 Å². The largest absolute Gasteiger partial charge is 0.0610 e. The van der Waals surface area contributed by atoms with E-state index in [9.17, 15) is 0 Å². The molecular formula is C50H28. The third-order valence-electron chi connectivity index (χ3n) is 11.5. The highest BCUT2D eigenvalue weighted by Crippen LogP contribution is 2.47. The van der Waals surface area contributed by atoms with E-state index in [1.165, 1.54) is 118 Å². The summed E-state index contributed by atoms with van der Waals surface area (Å²) in [5.41, 5.74) is 0.